The van der Waals surface area contributed by atoms with Crippen LogP contribution in [0.25, 0.3) is 0 Å². The molecule has 0 aliphatic carbocycles. The zero-order chi connectivity index (χ0) is 13.7. The van der Waals surface area contributed by atoms with Gasteiger partial charge in [0.15, 0.2) is 0 Å². The Labute approximate surface area is 116 Å². The van der Waals surface area contributed by atoms with Crippen molar-refractivity contribution in [3.63, 3.8) is 0 Å². The number of anilines is 1. The largest absolute Gasteiger partial charge is 0.381 e. The molecule has 0 aromatic carbocycles. The minimum atomic E-state index is 0.452. The molecule has 0 unspecified atom stereocenters. The third-order valence-corrected chi connectivity index (χ3v) is 3.58. The van der Waals surface area contributed by atoms with Crippen molar-refractivity contribution >= 4 is 5.82 Å². The first kappa shape index (κ1) is 14.3. The molecule has 1 fully saturated rings. The number of ether oxygens (including phenoxy) is 1. The van der Waals surface area contributed by atoms with Gasteiger partial charge >= 0.3 is 0 Å². The van der Waals surface area contributed by atoms with E-state index in [2.05, 4.69) is 41.7 Å². The second kappa shape index (κ2) is 6.85. The van der Waals surface area contributed by atoms with Gasteiger partial charge in [-0.2, -0.15) is 0 Å². The molecule has 0 N–H and O–H groups in total. The summed E-state index contributed by atoms with van der Waals surface area (Å²) in [4.78, 5) is 11.1. The molecule has 2 heterocycles. The zero-order valence-corrected chi connectivity index (χ0v) is 12.3. The van der Waals surface area contributed by atoms with Crippen LogP contribution in [0.5, 0.6) is 0 Å². The first-order valence-electron chi connectivity index (χ1n) is 7.35. The smallest absolute Gasteiger partial charge is 0.132 e. The lowest BCUT2D eigenvalue weighted by Gasteiger charge is -2.18. The van der Waals surface area contributed by atoms with Gasteiger partial charge in [-0.3, -0.25) is 0 Å². The second-order valence-corrected chi connectivity index (χ2v) is 5.63. The van der Waals surface area contributed by atoms with Crippen molar-refractivity contribution in [2.45, 2.75) is 39.5 Å². The van der Waals surface area contributed by atoms with Gasteiger partial charge in [0, 0.05) is 37.4 Å². The Morgan fingerprint density at radius 3 is 3.00 bits per heavy atom. The maximum atomic E-state index is 5.65. The molecule has 0 bridgehead atoms. The molecule has 0 amide bonds. The molecule has 1 aliphatic heterocycles. The zero-order valence-electron chi connectivity index (χ0n) is 12.3. The summed E-state index contributed by atoms with van der Waals surface area (Å²) in [7, 11) is 0. The lowest BCUT2D eigenvalue weighted by atomic mass is 10.1. The summed E-state index contributed by atoms with van der Waals surface area (Å²) in [5.41, 5.74) is 1.12. The van der Waals surface area contributed by atoms with E-state index in [0.29, 0.717) is 11.8 Å². The fourth-order valence-electron chi connectivity index (χ4n) is 2.42. The summed E-state index contributed by atoms with van der Waals surface area (Å²) in [5, 5.41) is 0. The molecule has 0 radical (unpaired) electrons. The molecule has 1 atom stereocenters. The van der Waals surface area contributed by atoms with Crippen LogP contribution in [0.2, 0.25) is 0 Å². The van der Waals surface area contributed by atoms with Crippen LogP contribution in [0, 0.1) is 5.92 Å². The second-order valence-electron chi connectivity index (χ2n) is 5.63. The van der Waals surface area contributed by atoms with Gasteiger partial charge in [0.05, 0.1) is 6.61 Å². The van der Waals surface area contributed by atoms with Crippen LogP contribution in [0.1, 0.15) is 45.2 Å². The Morgan fingerprint density at radius 2 is 2.26 bits per heavy atom. The van der Waals surface area contributed by atoms with Crippen molar-refractivity contribution < 1.29 is 4.74 Å². The molecule has 4 heteroatoms. The molecule has 0 saturated carbocycles. The Morgan fingerprint density at radius 1 is 1.42 bits per heavy atom. The van der Waals surface area contributed by atoms with E-state index in [0.717, 1.165) is 44.2 Å². The third-order valence-electron chi connectivity index (χ3n) is 3.58. The monoisotopic (exact) mass is 263 g/mol. The van der Waals surface area contributed by atoms with E-state index in [1.165, 1.54) is 6.42 Å². The highest BCUT2D eigenvalue weighted by atomic mass is 16.5. The van der Waals surface area contributed by atoms with E-state index in [1.54, 1.807) is 6.33 Å². The normalized spacial score (nSPS) is 19.4. The average Bonchev–Trinajstić information content (AvgIpc) is 2.88. The fraction of sp³-hybridized carbons (Fsp3) is 0.733. The Hall–Kier alpha value is -1.16. The molecule has 4 nitrogen and oxygen atoms in total. The quantitative estimate of drug-likeness (QED) is 0.740. The molecule has 1 aromatic rings. The number of hydrogen-bond donors (Lipinski definition) is 0. The molecule has 1 aliphatic rings. The van der Waals surface area contributed by atoms with Gasteiger partial charge < -0.3 is 9.64 Å². The summed E-state index contributed by atoms with van der Waals surface area (Å²) in [5.74, 6) is 2.16. The van der Waals surface area contributed by atoms with E-state index in [9.17, 15) is 0 Å². The topological polar surface area (TPSA) is 38.2 Å². The van der Waals surface area contributed by atoms with Gasteiger partial charge in [-0.05, 0) is 18.8 Å². The van der Waals surface area contributed by atoms with Gasteiger partial charge in [-0.25, -0.2) is 9.97 Å². The van der Waals surface area contributed by atoms with E-state index in [-0.39, 0.29) is 0 Å². The van der Waals surface area contributed by atoms with Crippen LogP contribution in [0.15, 0.2) is 12.4 Å². The molecule has 2 rings (SSSR count). The predicted octanol–water partition coefficient (Wildman–Crippen LogP) is 2.85. The molecule has 1 saturated heterocycles. The molecular formula is C15H25N3O. The number of hydrogen-bond acceptors (Lipinski definition) is 4. The number of nitrogens with zero attached hydrogens (tertiary/aromatic N) is 3. The van der Waals surface area contributed by atoms with Gasteiger partial charge in [-0.15, -0.1) is 0 Å². The van der Waals surface area contributed by atoms with E-state index in [1.807, 2.05) is 0 Å². The first-order chi connectivity index (χ1) is 9.20. The molecule has 19 heavy (non-hydrogen) atoms. The van der Waals surface area contributed by atoms with Crippen LogP contribution >= 0.6 is 0 Å². The third kappa shape index (κ3) is 3.90. The van der Waals surface area contributed by atoms with Gasteiger partial charge in [0.25, 0.3) is 0 Å². The number of aromatic nitrogens is 2. The van der Waals surface area contributed by atoms with Gasteiger partial charge in [0.2, 0.25) is 0 Å². The molecular weight excluding hydrogens is 238 g/mol. The Balaban J connectivity index is 1.91. The van der Waals surface area contributed by atoms with Crippen LogP contribution in [0.3, 0.4) is 0 Å². The minimum absolute atomic E-state index is 0.452. The van der Waals surface area contributed by atoms with Crippen LogP contribution in [-0.4, -0.2) is 36.3 Å². The van der Waals surface area contributed by atoms with Crippen molar-refractivity contribution in [3.05, 3.63) is 18.1 Å². The fourth-order valence-corrected chi connectivity index (χ4v) is 2.42. The summed E-state index contributed by atoms with van der Waals surface area (Å²) < 4.78 is 5.65. The standard InChI is InChI=1S/C15H25N3O/c1-4-7-19-10-13-5-6-18(9-13)15-8-14(12(2)3)16-11-17-15/h8,11-13H,4-7,9-10H2,1-3H3/t13-/m0/s1. The highest BCUT2D eigenvalue weighted by molar-refractivity contribution is 5.40. The van der Waals surface area contributed by atoms with Crippen LogP contribution in [-0.2, 0) is 4.74 Å². The highest BCUT2D eigenvalue weighted by Crippen LogP contribution is 2.24. The maximum absolute atomic E-state index is 5.65. The minimum Gasteiger partial charge on any atom is -0.381 e. The van der Waals surface area contributed by atoms with Crippen LogP contribution < -0.4 is 4.90 Å². The summed E-state index contributed by atoms with van der Waals surface area (Å²) >= 11 is 0. The first-order valence-corrected chi connectivity index (χ1v) is 7.35. The molecule has 1 aromatic heterocycles. The van der Waals surface area contributed by atoms with E-state index in [4.69, 9.17) is 4.74 Å². The maximum Gasteiger partial charge on any atom is 0.132 e. The summed E-state index contributed by atoms with van der Waals surface area (Å²) in [6.45, 7) is 10.4. The Kier molecular flexibility index (Phi) is 5.14. The van der Waals surface area contributed by atoms with Gasteiger partial charge in [-0.1, -0.05) is 20.8 Å². The summed E-state index contributed by atoms with van der Waals surface area (Å²) in [6, 6.07) is 2.12. The SMILES string of the molecule is CCCOC[C@H]1CCN(c2cc(C(C)C)ncn2)C1. The van der Waals surface area contributed by atoms with E-state index < -0.39 is 0 Å². The van der Waals surface area contributed by atoms with Crippen molar-refractivity contribution in [1.82, 2.24) is 9.97 Å². The summed E-state index contributed by atoms with van der Waals surface area (Å²) in [6.07, 6.45) is 3.98. The van der Waals surface area contributed by atoms with E-state index >= 15 is 0 Å². The highest BCUT2D eigenvalue weighted by Gasteiger charge is 2.23. The molecule has 0 spiro atoms. The van der Waals surface area contributed by atoms with Gasteiger partial charge in [0.1, 0.15) is 12.1 Å². The van der Waals surface area contributed by atoms with Crippen molar-refractivity contribution in [3.8, 4) is 0 Å². The predicted molar refractivity (Wildman–Crippen MR) is 77.6 cm³/mol. The number of rotatable bonds is 6. The Bertz CT molecular complexity index is 395. The lowest BCUT2D eigenvalue weighted by molar-refractivity contribution is 0.106. The van der Waals surface area contributed by atoms with Crippen molar-refractivity contribution in [1.29, 1.82) is 0 Å². The van der Waals surface area contributed by atoms with Crippen molar-refractivity contribution in [2.24, 2.45) is 5.92 Å². The molecule has 106 valence electrons. The average molecular weight is 263 g/mol. The van der Waals surface area contributed by atoms with Crippen molar-refractivity contribution in [2.75, 3.05) is 31.2 Å². The van der Waals surface area contributed by atoms with Crippen LogP contribution in [0.4, 0.5) is 5.82 Å². The lowest BCUT2D eigenvalue weighted by Crippen LogP contribution is -2.22.